The largest absolute Gasteiger partial charge is 0.392 e. The van der Waals surface area contributed by atoms with Crippen LogP contribution in [0.1, 0.15) is 61.0 Å². The van der Waals surface area contributed by atoms with Crippen molar-refractivity contribution >= 4 is 11.7 Å². The van der Waals surface area contributed by atoms with E-state index in [2.05, 4.69) is 15.5 Å². The van der Waals surface area contributed by atoms with Crippen LogP contribution in [0.25, 0.3) is 0 Å². The highest BCUT2D eigenvalue weighted by molar-refractivity contribution is 5.89. The zero-order valence-electron chi connectivity index (χ0n) is 22.8. The number of hydrogen-bond donors (Lipinski definition) is 4. The van der Waals surface area contributed by atoms with Crippen LogP contribution in [0.5, 0.6) is 0 Å². The number of carbonyl (C=O) groups excluding carboxylic acids is 1. The molecule has 0 radical (unpaired) electrons. The summed E-state index contributed by atoms with van der Waals surface area (Å²) in [7, 11) is 2.00. The highest BCUT2D eigenvalue weighted by Gasteiger charge is 2.34. The van der Waals surface area contributed by atoms with Gasteiger partial charge in [0.15, 0.2) is 6.29 Å². The van der Waals surface area contributed by atoms with Gasteiger partial charge in [-0.05, 0) is 49.7 Å². The van der Waals surface area contributed by atoms with Gasteiger partial charge >= 0.3 is 6.03 Å². The maximum absolute atomic E-state index is 11.9. The van der Waals surface area contributed by atoms with E-state index in [1.165, 1.54) is 0 Å². The molecule has 0 bridgehead atoms. The Kier molecular flexibility index (Phi) is 10.1. The molecule has 0 aliphatic carbocycles. The molecular formula is C31H39N3O5. The molecule has 3 aromatic rings. The number of aliphatic hydroxyl groups is 2. The number of aliphatic hydroxyl groups excluding tert-OH is 2. The van der Waals surface area contributed by atoms with E-state index in [0.717, 1.165) is 22.3 Å². The minimum absolute atomic E-state index is 0.0107. The van der Waals surface area contributed by atoms with Gasteiger partial charge in [-0.25, -0.2) is 4.79 Å². The van der Waals surface area contributed by atoms with E-state index in [4.69, 9.17) is 9.47 Å². The summed E-state index contributed by atoms with van der Waals surface area (Å²) in [5.74, 6) is 0. The average Bonchev–Trinajstić information content (AvgIpc) is 2.97. The number of benzene rings is 3. The number of urea groups is 1. The number of amides is 2. The van der Waals surface area contributed by atoms with Crippen LogP contribution in [0.3, 0.4) is 0 Å². The van der Waals surface area contributed by atoms with Gasteiger partial charge in [0.25, 0.3) is 0 Å². The van der Waals surface area contributed by atoms with Crippen molar-refractivity contribution in [1.29, 1.82) is 0 Å². The van der Waals surface area contributed by atoms with Crippen molar-refractivity contribution in [3.63, 3.8) is 0 Å². The zero-order valence-corrected chi connectivity index (χ0v) is 22.8. The molecule has 8 heteroatoms. The van der Waals surface area contributed by atoms with Crippen LogP contribution in [0.4, 0.5) is 10.5 Å². The molecule has 4 N–H and O–H groups in total. The Morgan fingerprint density at radius 1 is 1.00 bits per heavy atom. The number of anilines is 1. The predicted molar refractivity (Wildman–Crippen MR) is 151 cm³/mol. The van der Waals surface area contributed by atoms with Gasteiger partial charge in [-0.1, -0.05) is 66.7 Å². The molecule has 0 unspecified atom stereocenters. The van der Waals surface area contributed by atoms with E-state index in [1.54, 1.807) is 0 Å². The number of rotatable bonds is 10. The minimum Gasteiger partial charge on any atom is -0.392 e. The van der Waals surface area contributed by atoms with Gasteiger partial charge in [0, 0.05) is 36.8 Å². The fourth-order valence-corrected chi connectivity index (χ4v) is 4.75. The van der Waals surface area contributed by atoms with Crippen LogP contribution >= 0.6 is 0 Å². The van der Waals surface area contributed by atoms with Crippen molar-refractivity contribution in [2.45, 2.75) is 57.5 Å². The van der Waals surface area contributed by atoms with Gasteiger partial charge in [0.2, 0.25) is 0 Å². The summed E-state index contributed by atoms with van der Waals surface area (Å²) in [6.07, 6.45) is -0.956. The van der Waals surface area contributed by atoms with Gasteiger partial charge in [-0.15, -0.1) is 0 Å². The number of nitrogens with one attached hydrogen (secondary N) is 2. The van der Waals surface area contributed by atoms with Crippen molar-refractivity contribution < 1.29 is 24.5 Å². The molecule has 3 aromatic carbocycles. The summed E-state index contributed by atoms with van der Waals surface area (Å²) in [6, 6.07) is 24.5. The summed E-state index contributed by atoms with van der Waals surface area (Å²) < 4.78 is 12.9. The SMILES string of the molecule is CCNC(=O)Nc1ccc([C@H]2O[C@@H](CN(C)[C@@H](C)[C@H](O)c3ccccc3)C[C@@H](c3ccc(CO)cc3)O2)cc1. The molecule has 0 spiro atoms. The maximum Gasteiger partial charge on any atom is 0.319 e. The van der Waals surface area contributed by atoms with E-state index in [0.29, 0.717) is 25.2 Å². The Morgan fingerprint density at radius 3 is 2.31 bits per heavy atom. The third kappa shape index (κ3) is 7.65. The van der Waals surface area contributed by atoms with Crippen molar-refractivity contribution in [1.82, 2.24) is 10.2 Å². The van der Waals surface area contributed by atoms with E-state index in [-0.39, 0.29) is 30.9 Å². The Balaban J connectivity index is 1.50. The van der Waals surface area contributed by atoms with Gasteiger partial charge in [-0.3, -0.25) is 4.90 Å². The molecule has 1 heterocycles. The maximum atomic E-state index is 11.9. The predicted octanol–water partition coefficient (Wildman–Crippen LogP) is 4.92. The van der Waals surface area contributed by atoms with Crippen molar-refractivity contribution in [2.24, 2.45) is 0 Å². The molecule has 0 saturated carbocycles. The molecule has 208 valence electrons. The normalized spacial score (nSPS) is 20.8. The van der Waals surface area contributed by atoms with Crippen LogP contribution in [0.15, 0.2) is 78.9 Å². The summed E-state index contributed by atoms with van der Waals surface area (Å²) in [5.41, 5.74) is 4.26. The Morgan fingerprint density at radius 2 is 1.67 bits per heavy atom. The van der Waals surface area contributed by atoms with E-state index in [9.17, 15) is 15.0 Å². The molecule has 1 fully saturated rings. The van der Waals surface area contributed by atoms with E-state index >= 15 is 0 Å². The first-order valence-electron chi connectivity index (χ1n) is 13.5. The molecule has 8 nitrogen and oxygen atoms in total. The topological polar surface area (TPSA) is 103 Å². The molecular weight excluding hydrogens is 494 g/mol. The third-order valence-corrected chi connectivity index (χ3v) is 7.18. The van der Waals surface area contributed by atoms with Crippen molar-refractivity contribution in [2.75, 3.05) is 25.5 Å². The van der Waals surface area contributed by atoms with Crippen molar-refractivity contribution in [3.8, 4) is 0 Å². The minimum atomic E-state index is -0.626. The second kappa shape index (κ2) is 13.7. The van der Waals surface area contributed by atoms with Crippen LogP contribution in [0.2, 0.25) is 0 Å². The summed E-state index contributed by atoms with van der Waals surface area (Å²) >= 11 is 0. The van der Waals surface area contributed by atoms with Crippen LogP contribution in [-0.2, 0) is 16.1 Å². The number of ether oxygens (including phenoxy) is 2. The Hall–Kier alpha value is -3.27. The van der Waals surface area contributed by atoms with Crippen LogP contribution in [-0.4, -0.2) is 53.4 Å². The fourth-order valence-electron chi connectivity index (χ4n) is 4.75. The number of nitrogens with zero attached hydrogens (tertiary/aromatic N) is 1. The van der Waals surface area contributed by atoms with Crippen LogP contribution < -0.4 is 10.6 Å². The zero-order chi connectivity index (χ0) is 27.8. The molecule has 1 aliphatic rings. The average molecular weight is 534 g/mol. The van der Waals surface area contributed by atoms with E-state index < -0.39 is 12.4 Å². The number of likely N-dealkylation sites (N-methyl/N-ethyl adjacent to an activating group) is 1. The Labute approximate surface area is 230 Å². The summed E-state index contributed by atoms with van der Waals surface area (Å²) in [4.78, 5) is 14.0. The first-order valence-corrected chi connectivity index (χ1v) is 13.5. The lowest BCUT2D eigenvalue weighted by atomic mass is 9.98. The van der Waals surface area contributed by atoms with Gasteiger partial charge < -0.3 is 30.3 Å². The molecule has 0 aromatic heterocycles. The standard InChI is InChI=1S/C31H39N3O5/c1-4-32-31(37)33-26-16-14-25(15-17-26)30-38-27(18-28(39-30)23-12-10-22(20-35)11-13-23)19-34(3)21(2)29(36)24-8-6-5-7-9-24/h5-17,21,27-30,35-36H,4,18-20H2,1-3H3,(H2,32,33,37)/t21-,27+,28-,29-,30-/m0/s1. The molecule has 4 rings (SSSR count). The fraction of sp³-hybridized carbons (Fsp3) is 0.387. The van der Waals surface area contributed by atoms with Crippen LogP contribution in [0, 0.1) is 0 Å². The van der Waals surface area contributed by atoms with Crippen molar-refractivity contribution in [3.05, 3.63) is 101 Å². The number of carbonyl (C=O) groups is 1. The highest BCUT2D eigenvalue weighted by atomic mass is 16.7. The second-order valence-corrected chi connectivity index (χ2v) is 9.99. The molecule has 5 atom stereocenters. The monoisotopic (exact) mass is 533 g/mol. The highest BCUT2D eigenvalue weighted by Crippen LogP contribution is 2.38. The van der Waals surface area contributed by atoms with Gasteiger partial charge in [0.1, 0.15) is 0 Å². The Bertz CT molecular complexity index is 1170. The first-order chi connectivity index (χ1) is 18.9. The molecule has 39 heavy (non-hydrogen) atoms. The van der Waals surface area contributed by atoms with Gasteiger partial charge in [-0.2, -0.15) is 0 Å². The first kappa shape index (κ1) is 28.7. The van der Waals surface area contributed by atoms with Gasteiger partial charge in [0.05, 0.1) is 24.9 Å². The smallest absolute Gasteiger partial charge is 0.319 e. The molecule has 1 aliphatic heterocycles. The quantitative estimate of drug-likeness (QED) is 0.295. The second-order valence-electron chi connectivity index (χ2n) is 9.99. The van der Waals surface area contributed by atoms with E-state index in [1.807, 2.05) is 99.8 Å². The lowest BCUT2D eigenvalue weighted by molar-refractivity contribution is -0.253. The lowest BCUT2D eigenvalue weighted by Gasteiger charge is -2.39. The third-order valence-electron chi connectivity index (χ3n) is 7.18. The number of hydrogen-bond acceptors (Lipinski definition) is 6. The molecule has 1 saturated heterocycles. The molecule has 2 amide bonds. The lowest BCUT2D eigenvalue weighted by Crippen LogP contribution is -2.43. The summed E-state index contributed by atoms with van der Waals surface area (Å²) in [6.45, 7) is 5.02. The summed E-state index contributed by atoms with van der Waals surface area (Å²) in [5, 5.41) is 25.9.